The lowest BCUT2D eigenvalue weighted by atomic mass is 10.0. The minimum absolute atomic E-state index is 0.0215. The number of nitrogens with one attached hydrogen (secondary N) is 1. The third kappa shape index (κ3) is 49.4. The fourth-order valence-corrected chi connectivity index (χ4v) is 8.36. The van der Waals surface area contributed by atoms with E-state index in [1.165, 1.54) is 193 Å². The van der Waals surface area contributed by atoms with E-state index in [1.54, 1.807) is 6.08 Å². The van der Waals surface area contributed by atoms with E-state index in [0.717, 1.165) is 70.6 Å². The standard InChI is InChI=1S/C57H107NO5/c1-3-5-7-9-11-13-15-17-19-20-21-22-23-25-29-33-37-41-45-49-55(60)54(53-59)58-56(61)50-46-42-38-34-30-26-24-28-32-36-40-44-48-52-63-57(62)51-47-43-39-35-31-27-18-16-14-12-10-8-6-4-2/h10,12,16,18,45,49,54-55,59-60H,3-9,11,13-15,17,19-44,46-48,50-53H2,1-2H3,(H,58,61)/b12-10-,18-16-,49-45+. The van der Waals surface area contributed by atoms with Crippen LogP contribution in [0.4, 0.5) is 0 Å². The largest absolute Gasteiger partial charge is 0.466 e. The molecule has 370 valence electrons. The first-order chi connectivity index (χ1) is 31.0. The van der Waals surface area contributed by atoms with Crippen LogP contribution >= 0.6 is 0 Å². The Morgan fingerprint density at radius 2 is 0.810 bits per heavy atom. The zero-order chi connectivity index (χ0) is 45.8. The molecule has 63 heavy (non-hydrogen) atoms. The lowest BCUT2D eigenvalue weighted by Crippen LogP contribution is -2.45. The topological polar surface area (TPSA) is 95.9 Å². The second-order valence-electron chi connectivity index (χ2n) is 18.9. The Morgan fingerprint density at radius 3 is 1.25 bits per heavy atom. The van der Waals surface area contributed by atoms with Gasteiger partial charge in [-0.15, -0.1) is 0 Å². The molecular weight excluding hydrogens is 779 g/mol. The highest BCUT2D eigenvalue weighted by Gasteiger charge is 2.18. The van der Waals surface area contributed by atoms with Gasteiger partial charge in [0, 0.05) is 12.8 Å². The van der Waals surface area contributed by atoms with Gasteiger partial charge in [-0.05, 0) is 57.8 Å². The SMILES string of the molecule is CCCC/C=C\C/C=C\CCCCCCCC(=O)OCCCCCCCCCCCCCCCC(=O)NC(CO)C(O)/C=C/CCCCCCCCCCCCCCCCCCC. The van der Waals surface area contributed by atoms with Gasteiger partial charge < -0.3 is 20.3 Å². The van der Waals surface area contributed by atoms with Crippen LogP contribution in [0.25, 0.3) is 0 Å². The molecule has 0 aliphatic rings. The molecule has 2 unspecified atom stereocenters. The van der Waals surface area contributed by atoms with Crippen molar-refractivity contribution in [3.63, 3.8) is 0 Å². The lowest BCUT2D eigenvalue weighted by Gasteiger charge is -2.20. The van der Waals surface area contributed by atoms with Crippen molar-refractivity contribution in [2.24, 2.45) is 0 Å². The van der Waals surface area contributed by atoms with Gasteiger partial charge in [0.1, 0.15) is 0 Å². The van der Waals surface area contributed by atoms with Crippen molar-refractivity contribution in [2.75, 3.05) is 13.2 Å². The molecule has 0 aliphatic carbocycles. The van der Waals surface area contributed by atoms with Crippen LogP contribution in [0.2, 0.25) is 0 Å². The first-order valence-corrected chi connectivity index (χ1v) is 27.8. The summed E-state index contributed by atoms with van der Waals surface area (Å²) in [7, 11) is 0. The Hall–Kier alpha value is -1.92. The second kappa shape index (κ2) is 52.7. The molecule has 1 amide bonds. The number of aliphatic hydroxyl groups is 2. The highest BCUT2D eigenvalue weighted by Crippen LogP contribution is 2.16. The fraction of sp³-hybridized carbons (Fsp3) is 0.860. The average molecular weight is 886 g/mol. The molecule has 0 spiro atoms. The third-order valence-corrected chi connectivity index (χ3v) is 12.7. The van der Waals surface area contributed by atoms with Gasteiger partial charge in [0.25, 0.3) is 0 Å². The molecule has 0 saturated carbocycles. The maximum atomic E-state index is 12.5. The van der Waals surface area contributed by atoms with E-state index in [4.69, 9.17) is 4.74 Å². The van der Waals surface area contributed by atoms with Crippen molar-refractivity contribution < 1.29 is 24.5 Å². The van der Waals surface area contributed by atoms with Gasteiger partial charge in [-0.3, -0.25) is 9.59 Å². The minimum Gasteiger partial charge on any atom is -0.466 e. The van der Waals surface area contributed by atoms with Crippen molar-refractivity contribution in [1.82, 2.24) is 5.32 Å². The predicted molar refractivity (Wildman–Crippen MR) is 273 cm³/mol. The summed E-state index contributed by atoms with van der Waals surface area (Å²) in [5, 5.41) is 23.1. The summed E-state index contributed by atoms with van der Waals surface area (Å²) in [6, 6.07) is -0.639. The Morgan fingerprint density at radius 1 is 0.444 bits per heavy atom. The van der Waals surface area contributed by atoms with Crippen LogP contribution in [0.15, 0.2) is 36.5 Å². The number of unbranched alkanes of at least 4 members (excludes halogenated alkanes) is 36. The molecule has 0 fully saturated rings. The number of amides is 1. The maximum absolute atomic E-state index is 12.5. The summed E-state index contributed by atoms with van der Waals surface area (Å²) in [6.45, 7) is 4.84. The smallest absolute Gasteiger partial charge is 0.305 e. The summed E-state index contributed by atoms with van der Waals surface area (Å²) in [6.07, 6.45) is 64.3. The molecule has 0 heterocycles. The monoisotopic (exact) mass is 886 g/mol. The fourth-order valence-electron chi connectivity index (χ4n) is 8.36. The number of carbonyl (C=O) groups is 2. The molecule has 3 N–H and O–H groups in total. The van der Waals surface area contributed by atoms with Gasteiger partial charge in [0.15, 0.2) is 0 Å². The van der Waals surface area contributed by atoms with Gasteiger partial charge >= 0.3 is 5.97 Å². The van der Waals surface area contributed by atoms with Gasteiger partial charge in [-0.25, -0.2) is 0 Å². The van der Waals surface area contributed by atoms with Crippen LogP contribution in [0.1, 0.15) is 290 Å². The molecule has 0 aromatic carbocycles. The first-order valence-electron chi connectivity index (χ1n) is 27.8. The van der Waals surface area contributed by atoms with Gasteiger partial charge in [-0.2, -0.15) is 0 Å². The molecule has 6 heteroatoms. The van der Waals surface area contributed by atoms with Gasteiger partial charge in [0.05, 0.1) is 25.4 Å². The summed E-state index contributed by atoms with van der Waals surface area (Å²) >= 11 is 0. The van der Waals surface area contributed by atoms with E-state index in [9.17, 15) is 19.8 Å². The number of rotatable bonds is 51. The summed E-state index contributed by atoms with van der Waals surface area (Å²) in [5.41, 5.74) is 0. The Kier molecular flexibility index (Phi) is 51.1. The zero-order valence-corrected chi connectivity index (χ0v) is 42.1. The molecule has 0 aromatic heterocycles. The number of aliphatic hydroxyl groups excluding tert-OH is 2. The van der Waals surface area contributed by atoms with E-state index in [0.29, 0.717) is 19.4 Å². The quantitative estimate of drug-likeness (QED) is 0.0321. The van der Waals surface area contributed by atoms with E-state index in [-0.39, 0.29) is 18.5 Å². The van der Waals surface area contributed by atoms with Crippen LogP contribution in [-0.2, 0) is 14.3 Å². The molecule has 0 aromatic rings. The predicted octanol–water partition coefficient (Wildman–Crippen LogP) is 16.9. The normalized spacial score (nSPS) is 12.9. The second-order valence-corrected chi connectivity index (χ2v) is 18.9. The van der Waals surface area contributed by atoms with E-state index < -0.39 is 12.1 Å². The van der Waals surface area contributed by atoms with Crippen LogP contribution in [0, 0.1) is 0 Å². The van der Waals surface area contributed by atoms with E-state index in [2.05, 4.69) is 43.5 Å². The molecule has 0 radical (unpaired) electrons. The van der Waals surface area contributed by atoms with Crippen molar-refractivity contribution in [1.29, 1.82) is 0 Å². The minimum atomic E-state index is -0.854. The Labute approximate surface area is 392 Å². The van der Waals surface area contributed by atoms with Crippen LogP contribution in [0.3, 0.4) is 0 Å². The van der Waals surface area contributed by atoms with Crippen molar-refractivity contribution in [2.45, 2.75) is 302 Å². The highest BCUT2D eigenvalue weighted by atomic mass is 16.5. The summed E-state index contributed by atoms with van der Waals surface area (Å²) in [5.74, 6) is -0.102. The molecular formula is C57H107NO5. The summed E-state index contributed by atoms with van der Waals surface area (Å²) in [4.78, 5) is 24.5. The first kappa shape index (κ1) is 61.1. The Bertz CT molecular complexity index is 1020. The van der Waals surface area contributed by atoms with Gasteiger partial charge in [-0.1, -0.05) is 256 Å². The van der Waals surface area contributed by atoms with Crippen molar-refractivity contribution >= 4 is 11.9 Å². The van der Waals surface area contributed by atoms with E-state index in [1.807, 2.05) is 6.08 Å². The summed E-state index contributed by atoms with van der Waals surface area (Å²) < 4.78 is 5.45. The third-order valence-electron chi connectivity index (χ3n) is 12.7. The van der Waals surface area contributed by atoms with E-state index >= 15 is 0 Å². The Balaban J connectivity index is 3.50. The molecule has 0 rings (SSSR count). The number of hydrogen-bond donors (Lipinski definition) is 3. The molecule has 6 nitrogen and oxygen atoms in total. The molecule has 0 saturated heterocycles. The zero-order valence-electron chi connectivity index (χ0n) is 42.1. The average Bonchev–Trinajstić information content (AvgIpc) is 3.28. The molecule has 2 atom stereocenters. The van der Waals surface area contributed by atoms with Crippen LogP contribution < -0.4 is 5.32 Å². The van der Waals surface area contributed by atoms with Crippen molar-refractivity contribution in [3.8, 4) is 0 Å². The maximum Gasteiger partial charge on any atom is 0.305 e. The van der Waals surface area contributed by atoms with Crippen LogP contribution in [-0.4, -0.2) is 47.4 Å². The van der Waals surface area contributed by atoms with Crippen molar-refractivity contribution in [3.05, 3.63) is 36.5 Å². The number of carbonyl (C=O) groups excluding carboxylic acids is 2. The lowest BCUT2D eigenvalue weighted by molar-refractivity contribution is -0.143. The number of hydrogen-bond acceptors (Lipinski definition) is 5. The number of esters is 1. The van der Waals surface area contributed by atoms with Gasteiger partial charge in [0.2, 0.25) is 5.91 Å². The molecule has 0 aliphatic heterocycles. The number of ether oxygens (including phenoxy) is 1. The molecule has 0 bridgehead atoms. The van der Waals surface area contributed by atoms with Crippen LogP contribution in [0.5, 0.6) is 0 Å². The highest BCUT2D eigenvalue weighted by molar-refractivity contribution is 5.76. The number of allylic oxidation sites excluding steroid dienone is 5.